The number of hydrogen-bond acceptors (Lipinski definition) is 1. The van der Waals surface area contributed by atoms with Gasteiger partial charge in [-0.3, -0.25) is 0 Å². The van der Waals surface area contributed by atoms with Crippen LogP contribution >= 0.6 is 0 Å². The SMILES string of the molecule is C1=CC2C=CC=C3c4c(cccc4-c4cccc(C5(c6ccccc6)c6ccccc6-c6cc7ccccc7cc65)c4)OC(=C1)C32. The maximum absolute atomic E-state index is 6.62. The van der Waals surface area contributed by atoms with Crippen LogP contribution in [0.2, 0.25) is 0 Å². The van der Waals surface area contributed by atoms with Crippen molar-refractivity contribution in [3.63, 3.8) is 0 Å². The Kier molecular flexibility index (Phi) is 5.39. The van der Waals surface area contributed by atoms with Crippen LogP contribution in [0.3, 0.4) is 0 Å². The van der Waals surface area contributed by atoms with Crippen LogP contribution in [0.25, 0.3) is 38.6 Å². The Morgan fingerprint density at radius 1 is 0.522 bits per heavy atom. The second-order valence-electron chi connectivity index (χ2n) is 12.8. The van der Waals surface area contributed by atoms with Gasteiger partial charge in [0, 0.05) is 11.5 Å². The molecule has 0 spiro atoms. The largest absolute Gasteiger partial charge is 0.460 e. The van der Waals surface area contributed by atoms with Gasteiger partial charge < -0.3 is 4.74 Å². The highest BCUT2D eigenvalue weighted by Crippen LogP contribution is 2.58. The van der Waals surface area contributed by atoms with E-state index in [4.69, 9.17) is 4.74 Å². The normalized spacial score (nSPS) is 21.4. The molecule has 0 saturated heterocycles. The number of benzene rings is 6. The van der Waals surface area contributed by atoms with Gasteiger partial charge in [-0.2, -0.15) is 0 Å². The number of fused-ring (bicyclic) bond motifs is 6. The highest BCUT2D eigenvalue weighted by Gasteiger charge is 2.46. The van der Waals surface area contributed by atoms with Crippen molar-refractivity contribution in [3.8, 4) is 28.0 Å². The van der Waals surface area contributed by atoms with E-state index in [-0.39, 0.29) is 5.92 Å². The van der Waals surface area contributed by atoms with E-state index in [1.165, 1.54) is 66.4 Å². The standard InChI is InChI=1S/C45H30O/c1-2-17-33(18-3-1)45(39-23-7-6-20-36(39)38-27-30-12-4-5-13-31(30)28-40(38)45)34-19-8-16-32(26-34)35-21-11-25-42-44(35)37-22-9-14-29-15-10-24-41(46-42)43(29)37/h1-29,43H. The number of allylic oxidation sites excluding steroid dienone is 7. The van der Waals surface area contributed by atoms with Gasteiger partial charge in [0.15, 0.2) is 0 Å². The van der Waals surface area contributed by atoms with Gasteiger partial charge in [0.1, 0.15) is 11.5 Å². The molecule has 3 aliphatic carbocycles. The third-order valence-electron chi connectivity index (χ3n) is 10.5. The van der Waals surface area contributed by atoms with Gasteiger partial charge in [-0.25, -0.2) is 0 Å². The molecule has 46 heavy (non-hydrogen) atoms. The summed E-state index contributed by atoms with van der Waals surface area (Å²) in [5.41, 5.74) is 12.3. The lowest BCUT2D eigenvalue weighted by Crippen LogP contribution is -2.28. The lowest BCUT2D eigenvalue weighted by molar-refractivity contribution is 0.341. The minimum Gasteiger partial charge on any atom is -0.460 e. The maximum atomic E-state index is 6.62. The average Bonchev–Trinajstić information content (AvgIpc) is 3.41. The molecule has 4 aliphatic rings. The van der Waals surface area contributed by atoms with Gasteiger partial charge in [0.05, 0.1) is 11.3 Å². The smallest absolute Gasteiger partial charge is 0.135 e. The zero-order valence-corrected chi connectivity index (χ0v) is 25.2. The summed E-state index contributed by atoms with van der Waals surface area (Å²) in [6.45, 7) is 0. The van der Waals surface area contributed by atoms with E-state index in [0.717, 1.165) is 11.5 Å². The number of rotatable bonds is 3. The molecule has 1 heterocycles. The molecular weight excluding hydrogens is 556 g/mol. The Balaban J connectivity index is 1.25. The lowest BCUT2D eigenvalue weighted by Gasteiger charge is -2.38. The molecule has 0 N–H and O–H groups in total. The summed E-state index contributed by atoms with van der Waals surface area (Å²) >= 11 is 0. The molecule has 0 fully saturated rings. The third kappa shape index (κ3) is 3.46. The van der Waals surface area contributed by atoms with Gasteiger partial charge in [-0.05, 0) is 91.2 Å². The molecule has 0 amide bonds. The minimum absolute atomic E-state index is 0.212. The van der Waals surface area contributed by atoms with E-state index in [9.17, 15) is 0 Å². The predicted octanol–water partition coefficient (Wildman–Crippen LogP) is 10.9. The molecule has 6 aromatic carbocycles. The van der Waals surface area contributed by atoms with Crippen molar-refractivity contribution in [2.75, 3.05) is 0 Å². The molecule has 1 heteroatoms. The summed E-state index contributed by atoms with van der Waals surface area (Å²) in [6, 6.07) is 49.4. The fourth-order valence-corrected chi connectivity index (χ4v) is 8.59. The van der Waals surface area contributed by atoms with Gasteiger partial charge in [-0.15, -0.1) is 0 Å². The third-order valence-corrected chi connectivity index (χ3v) is 10.5. The Labute approximate surface area is 269 Å². The van der Waals surface area contributed by atoms with Crippen molar-refractivity contribution in [3.05, 3.63) is 203 Å². The first-order valence-corrected chi connectivity index (χ1v) is 16.2. The molecular formula is C45H30O. The van der Waals surface area contributed by atoms with Crippen LogP contribution < -0.4 is 4.74 Å². The molecule has 216 valence electrons. The molecule has 1 aliphatic heterocycles. The monoisotopic (exact) mass is 586 g/mol. The first kappa shape index (κ1) is 25.6. The van der Waals surface area contributed by atoms with Crippen LogP contribution in [0.1, 0.15) is 27.8 Å². The second-order valence-corrected chi connectivity index (χ2v) is 12.8. The quantitative estimate of drug-likeness (QED) is 0.200. The molecule has 1 nitrogen and oxygen atoms in total. The van der Waals surface area contributed by atoms with Crippen molar-refractivity contribution in [2.45, 2.75) is 5.41 Å². The van der Waals surface area contributed by atoms with Crippen molar-refractivity contribution >= 4 is 16.3 Å². The van der Waals surface area contributed by atoms with Gasteiger partial charge in [-0.1, -0.05) is 140 Å². The first-order valence-electron chi connectivity index (χ1n) is 16.2. The zero-order valence-electron chi connectivity index (χ0n) is 25.2. The molecule has 0 radical (unpaired) electrons. The van der Waals surface area contributed by atoms with Crippen molar-refractivity contribution in [1.82, 2.24) is 0 Å². The Morgan fingerprint density at radius 3 is 2.13 bits per heavy atom. The fourth-order valence-electron chi connectivity index (χ4n) is 8.59. The topological polar surface area (TPSA) is 9.23 Å². The molecule has 0 bridgehead atoms. The summed E-state index contributed by atoms with van der Waals surface area (Å²) in [5.74, 6) is 2.50. The molecule has 3 unspecified atom stereocenters. The number of ether oxygens (including phenoxy) is 1. The van der Waals surface area contributed by atoms with E-state index in [2.05, 4.69) is 170 Å². The summed E-state index contributed by atoms with van der Waals surface area (Å²) in [5, 5.41) is 2.53. The van der Waals surface area contributed by atoms with Gasteiger partial charge in [0.2, 0.25) is 0 Å². The van der Waals surface area contributed by atoms with Crippen LogP contribution in [0.15, 0.2) is 176 Å². The highest BCUT2D eigenvalue weighted by molar-refractivity contribution is 5.96. The van der Waals surface area contributed by atoms with E-state index in [1.54, 1.807) is 0 Å². The Bertz CT molecular complexity index is 2350. The van der Waals surface area contributed by atoms with Crippen molar-refractivity contribution in [2.24, 2.45) is 11.8 Å². The molecule has 3 atom stereocenters. The summed E-state index contributed by atoms with van der Waals surface area (Å²) in [6.07, 6.45) is 13.4. The average molecular weight is 587 g/mol. The second kappa shape index (κ2) is 9.67. The minimum atomic E-state index is -0.472. The van der Waals surface area contributed by atoms with E-state index in [1.807, 2.05) is 0 Å². The number of hydrogen-bond donors (Lipinski definition) is 0. The van der Waals surface area contributed by atoms with Crippen molar-refractivity contribution in [1.29, 1.82) is 0 Å². The van der Waals surface area contributed by atoms with E-state index >= 15 is 0 Å². The summed E-state index contributed by atoms with van der Waals surface area (Å²) in [7, 11) is 0. The van der Waals surface area contributed by atoms with Crippen LogP contribution in [0.5, 0.6) is 5.75 Å². The fraction of sp³-hybridized carbons (Fsp3) is 0.0667. The molecule has 6 aromatic rings. The van der Waals surface area contributed by atoms with Gasteiger partial charge in [0.25, 0.3) is 0 Å². The predicted molar refractivity (Wildman–Crippen MR) is 189 cm³/mol. The molecule has 0 saturated carbocycles. The first-order chi connectivity index (χ1) is 22.8. The van der Waals surface area contributed by atoms with Crippen LogP contribution in [-0.2, 0) is 5.41 Å². The zero-order chi connectivity index (χ0) is 30.2. The summed E-state index contributed by atoms with van der Waals surface area (Å²) in [4.78, 5) is 0. The van der Waals surface area contributed by atoms with Crippen molar-refractivity contribution < 1.29 is 4.74 Å². The lowest BCUT2D eigenvalue weighted by atomic mass is 9.67. The Morgan fingerprint density at radius 2 is 1.24 bits per heavy atom. The van der Waals surface area contributed by atoms with Crippen LogP contribution in [0, 0.1) is 11.8 Å². The van der Waals surface area contributed by atoms with Crippen LogP contribution in [-0.4, -0.2) is 0 Å². The molecule has 0 aromatic heterocycles. The Hall–Kier alpha value is -5.66. The summed E-state index contributed by atoms with van der Waals surface area (Å²) < 4.78 is 6.62. The molecule has 10 rings (SSSR count). The van der Waals surface area contributed by atoms with E-state index < -0.39 is 5.41 Å². The van der Waals surface area contributed by atoms with Crippen LogP contribution in [0.4, 0.5) is 0 Å². The highest BCUT2D eigenvalue weighted by atomic mass is 16.5. The van der Waals surface area contributed by atoms with E-state index in [0.29, 0.717) is 5.92 Å². The van der Waals surface area contributed by atoms with Gasteiger partial charge >= 0.3 is 0 Å². The maximum Gasteiger partial charge on any atom is 0.135 e.